The maximum Gasteiger partial charge on any atom is 0.203 e. The van der Waals surface area contributed by atoms with Crippen LogP contribution in [0.15, 0.2) is 41.4 Å². The van der Waals surface area contributed by atoms with Crippen LogP contribution in [-0.4, -0.2) is 54.1 Å². The predicted molar refractivity (Wildman–Crippen MR) is 124 cm³/mol. The number of methoxy groups -OCH3 is 3. The minimum absolute atomic E-state index is 0.135. The molecule has 0 aromatic heterocycles. The van der Waals surface area contributed by atoms with Gasteiger partial charge in [-0.25, -0.2) is 0 Å². The third kappa shape index (κ3) is 5.17. The van der Waals surface area contributed by atoms with Crippen molar-refractivity contribution >= 4 is 23.2 Å². The molecule has 1 aliphatic heterocycles. The minimum atomic E-state index is -0.135. The lowest BCUT2D eigenvalue weighted by Gasteiger charge is -2.38. The molecule has 0 radical (unpaired) electrons. The standard InChI is InChI=1S/C23H30ClN3O4/c1-25-22(27-16-13-19(28-2)21(30-4)20(14-16)29-3)26-15-23(9-11-31-12-10-23)17-7-5-6-8-18(17)24/h5-8,13-14H,9-12,15H2,1-4H3,(H2,25,26,27). The Balaban J connectivity index is 1.80. The number of hydrogen-bond donors (Lipinski definition) is 2. The smallest absolute Gasteiger partial charge is 0.203 e. The number of halogens is 1. The summed E-state index contributed by atoms with van der Waals surface area (Å²) in [6.07, 6.45) is 1.76. The number of rotatable bonds is 7. The average Bonchev–Trinajstić information content (AvgIpc) is 2.81. The topological polar surface area (TPSA) is 73.3 Å². The Kier molecular flexibility index (Phi) is 7.87. The molecule has 1 heterocycles. The fourth-order valence-electron chi connectivity index (χ4n) is 3.92. The summed E-state index contributed by atoms with van der Waals surface area (Å²) in [6, 6.07) is 11.7. The first-order valence-electron chi connectivity index (χ1n) is 10.2. The fraction of sp³-hybridized carbons (Fsp3) is 0.435. The zero-order valence-corrected chi connectivity index (χ0v) is 19.2. The Bertz CT molecular complexity index is 888. The molecule has 0 amide bonds. The van der Waals surface area contributed by atoms with Gasteiger partial charge in [-0.1, -0.05) is 29.8 Å². The zero-order chi connectivity index (χ0) is 22.3. The molecule has 1 saturated heterocycles. The van der Waals surface area contributed by atoms with Gasteiger partial charge in [0.15, 0.2) is 17.5 Å². The van der Waals surface area contributed by atoms with Crippen molar-refractivity contribution in [3.05, 3.63) is 47.0 Å². The number of ether oxygens (including phenoxy) is 4. The lowest BCUT2D eigenvalue weighted by molar-refractivity contribution is 0.0515. The molecule has 31 heavy (non-hydrogen) atoms. The molecule has 2 aromatic carbocycles. The van der Waals surface area contributed by atoms with Crippen LogP contribution in [0.25, 0.3) is 0 Å². The van der Waals surface area contributed by atoms with E-state index in [1.54, 1.807) is 28.4 Å². The van der Waals surface area contributed by atoms with Gasteiger partial charge in [-0.3, -0.25) is 4.99 Å². The molecule has 1 aliphatic rings. The van der Waals surface area contributed by atoms with Crippen LogP contribution >= 0.6 is 11.6 Å². The Morgan fingerprint density at radius 3 is 2.26 bits per heavy atom. The molecule has 0 saturated carbocycles. The van der Waals surface area contributed by atoms with Crippen molar-refractivity contribution in [3.8, 4) is 17.2 Å². The lowest BCUT2D eigenvalue weighted by Crippen LogP contribution is -2.46. The maximum absolute atomic E-state index is 6.57. The third-order valence-electron chi connectivity index (χ3n) is 5.64. The first-order valence-corrected chi connectivity index (χ1v) is 10.5. The molecule has 0 spiro atoms. The molecule has 0 aliphatic carbocycles. The normalized spacial score (nSPS) is 15.8. The van der Waals surface area contributed by atoms with Gasteiger partial charge < -0.3 is 29.6 Å². The summed E-state index contributed by atoms with van der Waals surface area (Å²) in [6.45, 7) is 2.07. The van der Waals surface area contributed by atoms with Crippen LogP contribution in [0.3, 0.4) is 0 Å². The molecule has 1 fully saturated rings. The fourth-order valence-corrected chi connectivity index (χ4v) is 4.25. The van der Waals surface area contributed by atoms with Gasteiger partial charge in [0, 0.05) is 55.1 Å². The number of nitrogens with zero attached hydrogens (tertiary/aromatic N) is 1. The summed E-state index contributed by atoms with van der Waals surface area (Å²) < 4.78 is 21.9. The molecular weight excluding hydrogens is 418 g/mol. The van der Waals surface area contributed by atoms with E-state index in [9.17, 15) is 0 Å². The van der Waals surface area contributed by atoms with Crippen molar-refractivity contribution in [1.29, 1.82) is 0 Å². The van der Waals surface area contributed by atoms with E-state index in [4.69, 9.17) is 30.5 Å². The van der Waals surface area contributed by atoms with Gasteiger partial charge in [0.1, 0.15) is 0 Å². The number of anilines is 1. The van der Waals surface area contributed by atoms with Crippen LogP contribution in [0, 0.1) is 0 Å². The number of aliphatic imine (C=N–C) groups is 1. The maximum atomic E-state index is 6.57. The van der Waals surface area contributed by atoms with E-state index < -0.39 is 0 Å². The van der Waals surface area contributed by atoms with E-state index >= 15 is 0 Å². The Labute approximate surface area is 188 Å². The van der Waals surface area contributed by atoms with Crippen LogP contribution in [0.1, 0.15) is 18.4 Å². The predicted octanol–water partition coefficient (Wildman–Crippen LogP) is 4.10. The molecule has 0 unspecified atom stereocenters. The summed E-state index contributed by atoms with van der Waals surface area (Å²) in [5.41, 5.74) is 1.76. The van der Waals surface area contributed by atoms with Crippen molar-refractivity contribution in [2.45, 2.75) is 18.3 Å². The highest BCUT2D eigenvalue weighted by molar-refractivity contribution is 6.31. The number of guanidine groups is 1. The van der Waals surface area contributed by atoms with Crippen LogP contribution in [0.4, 0.5) is 5.69 Å². The summed E-state index contributed by atoms with van der Waals surface area (Å²) in [4.78, 5) is 4.39. The second-order valence-electron chi connectivity index (χ2n) is 7.34. The number of nitrogens with one attached hydrogen (secondary N) is 2. The largest absolute Gasteiger partial charge is 0.493 e. The highest BCUT2D eigenvalue weighted by Crippen LogP contribution is 2.40. The van der Waals surface area contributed by atoms with Gasteiger partial charge in [-0.2, -0.15) is 0 Å². The number of hydrogen-bond acceptors (Lipinski definition) is 5. The molecule has 0 bridgehead atoms. The van der Waals surface area contributed by atoms with E-state index in [0.717, 1.165) is 29.1 Å². The van der Waals surface area contributed by atoms with Crippen molar-refractivity contribution in [3.63, 3.8) is 0 Å². The van der Waals surface area contributed by atoms with Gasteiger partial charge in [0.25, 0.3) is 0 Å². The van der Waals surface area contributed by atoms with Crippen LogP contribution in [0.5, 0.6) is 17.2 Å². The van der Waals surface area contributed by atoms with E-state index in [1.165, 1.54) is 0 Å². The second kappa shape index (κ2) is 10.6. The van der Waals surface area contributed by atoms with E-state index in [1.807, 2.05) is 30.3 Å². The van der Waals surface area contributed by atoms with Crippen molar-refractivity contribution in [2.24, 2.45) is 4.99 Å². The first-order chi connectivity index (χ1) is 15.1. The Hall–Kier alpha value is -2.64. The monoisotopic (exact) mass is 447 g/mol. The Morgan fingerprint density at radius 2 is 1.71 bits per heavy atom. The SMILES string of the molecule is CN=C(NCC1(c2ccccc2Cl)CCOCC1)Nc1cc(OC)c(OC)c(OC)c1. The first kappa shape index (κ1) is 23.0. The summed E-state index contributed by atoms with van der Waals surface area (Å²) in [5.74, 6) is 2.30. The molecule has 3 rings (SSSR count). The van der Waals surface area contributed by atoms with Crippen molar-refractivity contribution in [2.75, 3.05) is 53.5 Å². The van der Waals surface area contributed by atoms with E-state index in [-0.39, 0.29) is 5.41 Å². The molecule has 2 N–H and O–H groups in total. The summed E-state index contributed by atoms with van der Waals surface area (Å²) in [7, 11) is 6.49. The average molecular weight is 448 g/mol. The summed E-state index contributed by atoms with van der Waals surface area (Å²) in [5, 5.41) is 7.56. The lowest BCUT2D eigenvalue weighted by atomic mass is 9.74. The van der Waals surface area contributed by atoms with Gasteiger partial charge >= 0.3 is 0 Å². The van der Waals surface area contributed by atoms with Crippen molar-refractivity contribution in [1.82, 2.24) is 5.32 Å². The highest BCUT2D eigenvalue weighted by Gasteiger charge is 2.36. The Morgan fingerprint density at radius 1 is 1.06 bits per heavy atom. The quantitative estimate of drug-likeness (QED) is 0.491. The summed E-state index contributed by atoms with van der Waals surface area (Å²) >= 11 is 6.57. The second-order valence-corrected chi connectivity index (χ2v) is 7.74. The van der Waals surface area contributed by atoms with E-state index in [2.05, 4.69) is 21.7 Å². The molecular formula is C23H30ClN3O4. The molecule has 7 nitrogen and oxygen atoms in total. The van der Waals surface area contributed by atoms with Gasteiger partial charge in [-0.05, 0) is 24.5 Å². The van der Waals surface area contributed by atoms with Gasteiger partial charge in [-0.15, -0.1) is 0 Å². The van der Waals surface area contributed by atoms with E-state index in [0.29, 0.717) is 43.0 Å². The highest BCUT2D eigenvalue weighted by atomic mass is 35.5. The van der Waals surface area contributed by atoms with Gasteiger partial charge in [0.2, 0.25) is 5.75 Å². The van der Waals surface area contributed by atoms with Crippen molar-refractivity contribution < 1.29 is 18.9 Å². The van der Waals surface area contributed by atoms with Gasteiger partial charge in [0.05, 0.1) is 21.3 Å². The zero-order valence-electron chi connectivity index (χ0n) is 18.5. The molecule has 0 atom stereocenters. The molecule has 168 valence electrons. The minimum Gasteiger partial charge on any atom is -0.493 e. The van der Waals surface area contributed by atoms with Crippen LogP contribution in [0.2, 0.25) is 5.02 Å². The molecule has 8 heteroatoms. The van der Waals surface area contributed by atoms with Crippen LogP contribution in [-0.2, 0) is 10.2 Å². The number of benzene rings is 2. The third-order valence-corrected chi connectivity index (χ3v) is 5.97. The van der Waals surface area contributed by atoms with Crippen LogP contribution < -0.4 is 24.8 Å². The molecule has 2 aromatic rings.